The Kier molecular flexibility index (Phi) is 9.35. The number of halogens is 1. The number of amides is 2. The van der Waals surface area contributed by atoms with Crippen LogP contribution in [0.5, 0.6) is 0 Å². The number of hydrogen-bond donors (Lipinski definition) is 1. The van der Waals surface area contributed by atoms with E-state index in [1.54, 1.807) is 25.1 Å². The third-order valence-corrected chi connectivity index (χ3v) is 8.02. The van der Waals surface area contributed by atoms with Crippen molar-refractivity contribution in [3.05, 3.63) is 64.1 Å². The number of aryl methyl sites for hydroxylation is 1. The van der Waals surface area contributed by atoms with Crippen molar-refractivity contribution in [2.24, 2.45) is 0 Å². The maximum absolute atomic E-state index is 13.6. The summed E-state index contributed by atoms with van der Waals surface area (Å²) in [5, 5.41) is 3.10. The molecule has 7 nitrogen and oxygen atoms in total. The van der Waals surface area contributed by atoms with Gasteiger partial charge in [-0.2, -0.15) is 0 Å². The van der Waals surface area contributed by atoms with Gasteiger partial charge in [-0.1, -0.05) is 59.5 Å². The van der Waals surface area contributed by atoms with Crippen LogP contribution in [-0.4, -0.2) is 50.0 Å². The highest BCUT2D eigenvalue weighted by molar-refractivity contribution is 9.10. The Morgan fingerprint density at radius 2 is 1.74 bits per heavy atom. The summed E-state index contributed by atoms with van der Waals surface area (Å²) in [6.07, 6.45) is 6.31. The Morgan fingerprint density at radius 3 is 2.34 bits per heavy atom. The number of carbonyl (C=O) groups is 2. The fourth-order valence-electron chi connectivity index (χ4n) is 4.33. The van der Waals surface area contributed by atoms with Gasteiger partial charge < -0.3 is 10.2 Å². The standard InChI is InChI=1S/C26H34BrN3O4S/c1-19-8-7-11-24(16-19)30(35(3,33)34)18-25(31)29(17-21-12-14-22(27)15-13-21)20(2)26(32)28-23-9-5-4-6-10-23/h7-8,11-16,20,23H,4-6,9-10,17-18H2,1-3H3,(H,28,32)/t20-/m0/s1. The number of nitrogens with zero attached hydrogens (tertiary/aromatic N) is 2. The molecule has 0 aliphatic heterocycles. The summed E-state index contributed by atoms with van der Waals surface area (Å²) >= 11 is 3.42. The van der Waals surface area contributed by atoms with Crippen LogP contribution >= 0.6 is 15.9 Å². The zero-order chi connectivity index (χ0) is 25.6. The zero-order valence-corrected chi connectivity index (χ0v) is 22.9. The maximum Gasteiger partial charge on any atom is 0.244 e. The molecule has 0 heterocycles. The molecule has 0 radical (unpaired) electrons. The third-order valence-electron chi connectivity index (χ3n) is 6.35. The average Bonchev–Trinajstić information content (AvgIpc) is 2.81. The Morgan fingerprint density at radius 1 is 1.09 bits per heavy atom. The molecule has 0 aromatic heterocycles. The Bertz CT molecular complexity index is 1130. The molecule has 0 unspecified atom stereocenters. The first kappa shape index (κ1) is 27.2. The van der Waals surface area contributed by atoms with Gasteiger partial charge in [0.2, 0.25) is 21.8 Å². The molecular formula is C26H34BrN3O4S. The number of hydrogen-bond acceptors (Lipinski definition) is 4. The van der Waals surface area contributed by atoms with Gasteiger partial charge >= 0.3 is 0 Å². The van der Waals surface area contributed by atoms with Crippen LogP contribution in [0.2, 0.25) is 0 Å². The number of sulfonamides is 1. The quantitative estimate of drug-likeness (QED) is 0.490. The predicted octanol–water partition coefficient (Wildman–Crippen LogP) is 4.39. The van der Waals surface area contributed by atoms with Crippen LogP contribution in [-0.2, 0) is 26.2 Å². The topological polar surface area (TPSA) is 86.8 Å². The van der Waals surface area contributed by atoms with Gasteiger partial charge in [-0.25, -0.2) is 8.42 Å². The fraction of sp³-hybridized carbons (Fsp3) is 0.462. The lowest BCUT2D eigenvalue weighted by atomic mass is 9.95. The molecule has 1 atom stereocenters. The number of rotatable bonds is 9. The monoisotopic (exact) mass is 563 g/mol. The van der Waals surface area contributed by atoms with Gasteiger partial charge in [0.15, 0.2) is 0 Å². The van der Waals surface area contributed by atoms with Crippen LogP contribution in [0.25, 0.3) is 0 Å². The molecule has 0 bridgehead atoms. The zero-order valence-electron chi connectivity index (χ0n) is 20.5. The van der Waals surface area contributed by atoms with E-state index in [9.17, 15) is 18.0 Å². The molecular weight excluding hydrogens is 530 g/mol. The molecule has 0 spiro atoms. The molecule has 2 aromatic rings. The van der Waals surface area contributed by atoms with Crippen LogP contribution in [0.4, 0.5) is 5.69 Å². The molecule has 190 valence electrons. The second kappa shape index (κ2) is 12.0. The van der Waals surface area contributed by atoms with Gasteiger partial charge in [0.05, 0.1) is 11.9 Å². The summed E-state index contributed by atoms with van der Waals surface area (Å²) in [6, 6.07) is 13.9. The van der Waals surface area contributed by atoms with Gasteiger partial charge in [-0.3, -0.25) is 13.9 Å². The summed E-state index contributed by atoms with van der Waals surface area (Å²) in [5.74, 6) is -0.657. The minimum absolute atomic E-state index is 0.114. The second-order valence-corrected chi connectivity index (χ2v) is 12.1. The molecule has 35 heavy (non-hydrogen) atoms. The number of nitrogens with one attached hydrogen (secondary N) is 1. The normalized spacial score (nSPS) is 15.3. The molecule has 2 amide bonds. The largest absolute Gasteiger partial charge is 0.352 e. The number of benzene rings is 2. The number of carbonyl (C=O) groups excluding carboxylic acids is 2. The summed E-state index contributed by atoms with van der Waals surface area (Å²) in [5.41, 5.74) is 2.15. The molecule has 1 fully saturated rings. The molecule has 2 aromatic carbocycles. The molecule has 9 heteroatoms. The molecule has 3 rings (SSSR count). The second-order valence-electron chi connectivity index (χ2n) is 9.28. The van der Waals surface area contributed by atoms with E-state index in [-0.39, 0.29) is 25.0 Å². The Labute approximate surface area is 217 Å². The van der Waals surface area contributed by atoms with Gasteiger partial charge in [0.1, 0.15) is 12.6 Å². The van der Waals surface area contributed by atoms with Crippen molar-refractivity contribution in [3.63, 3.8) is 0 Å². The van der Waals surface area contributed by atoms with Crippen molar-refractivity contribution in [1.29, 1.82) is 0 Å². The highest BCUT2D eigenvalue weighted by atomic mass is 79.9. The molecule has 0 saturated heterocycles. The van der Waals surface area contributed by atoms with E-state index in [1.807, 2.05) is 37.3 Å². The summed E-state index contributed by atoms with van der Waals surface area (Å²) in [6.45, 7) is 3.37. The van der Waals surface area contributed by atoms with Gasteiger partial charge in [0, 0.05) is 17.1 Å². The van der Waals surface area contributed by atoms with Crippen molar-refractivity contribution in [1.82, 2.24) is 10.2 Å². The van der Waals surface area contributed by atoms with E-state index in [0.717, 1.165) is 51.8 Å². The lowest BCUT2D eigenvalue weighted by Gasteiger charge is -2.33. The molecule has 1 aliphatic carbocycles. The fourth-order valence-corrected chi connectivity index (χ4v) is 5.44. The Balaban J connectivity index is 1.86. The molecule has 1 aliphatic rings. The highest BCUT2D eigenvalue weighted by Crippen LogP contribution is 2.21. The van der Waals surface area contributed by atoms with E-state index in [4.69, 9.17) is 0 Å². The van der Waals surface area contributed by atoms with E-state index >= 15 is 0 Å². The lowest BCUT2D eigenvalue weighted by Crippen LogP contribution is -2.52. The summed E-state index contributed by atoms with van der Waals surface area (Å²) in [7, 11) is -3.73. The van der Waals surface area contributed by atoms with Crippen molar-refractivity contribution in [2.45, 2.75) is 64.6 Å². The summed E-state index contributed by atoms with van der Waals surface area (Å²) < 4.78 is 27.3. The van der Waals surface area contributed by atoms with E-state index in [2.05, 4.69) is 21.2 Å². The molecule has 1 saturated carbocycles. The van der Waals surface area contributed by atoms with E-state index in [0.29, 0.717) is 5.69 Å². The van der Waals surface area contributed by atoms with Crippen molar-refractivity contribution in [2.75, 3.05) is 17.1 Å². The van der Waals surface area contributed by atoms with Crippen LogP contribution in [0.3, 0.4) is 0 Å². The van der Waals surface area contributed by atoms with Crippen LogP contribution in [0, 0.1) is 6.92 Å². The van der Waals surface area contributed by atoms with Crippen LogP contribution < -0.4 is 9.62 Å². The van der Waals surface area contributed by atoms with Gasteiger partial charge in [-0.15, -0.1) is 0 Å². The smallest absolute Gasteiger partial charge is 0.244 e. The first-order chi connectivity index (χ1) is 16.5. The van der Waals surface area contributed by atoms with Crippen LogP contribution in [0.1, 0.15) is 50.2 Å². The average molecular weight is 565 g/mol. The SMILES string of the molecule is Cc1cccc(N(CC(=O)N(Cc2ccc(Br)cc2)[C@@H](C)C(=O)NC2CCCCC2)S(C)(=O)=O)c1. The first-order valence-electron chi connectivity index (χ1n) is 11.9. The van der Waals surface area contributed by atoms with E-state index < -0.39 is 22.0 Å². The minimum atomic E-state index is -3.73. The highest BCUT2D eigenvalue weighted by Gasteiger charge is 2.31. The van der Waals surface area contributed by atoms with E-state index in [1.165, 1.54) is 11.3 Å². The molecule has 1 N–H and O–H groups in total. The first-order valence-corrected chi connectivity index (χ1v) is 14.6. The third kappa shape index (κ3) is 7.80. The van der Waals surface area contributed by atoms with Crippen molar-refractivity contribution < 1.29 is 18.0 Å². The van der Waals surface area contributed by atoms with Crippen LogP contribution in [0.15, 0.2) is 53.0 Å². The number of anilines is 1. The maximum atomic E-state index is 13.6. The lowest BCUT2D eigenvalue weighted by molar-refractivity contribution is -0.139. The van der Waals surface area contributed by atoms with Gasteiger partial charge in [-0.05, 0) is 62.1 Å². The van der Waals surface area contributed by atoms with Crippen molar-refractivity contribution in [3.8, 4) is 0 Å². The predicted molar refractivity (Wildman–Crippen MR) is 143 cm³/mol. The minimum Gasteiger partial charge on any atom is -0.352 e. The van der Waals surface area contributed by atoms with Gasteiger partial charge in [0.25, 0.3) is 0 Å². The summed E-state index contributed by atoms with van der Waals surface area (Å²) in [4.78, 5) is 28.2. The van der Waals surface area contributed by atoms with Crippen molar-refractivity contribution >= 4 is 43.5 Å². The Hall–Kier alpha value is -2.39.